The lowest BCUT2D eigenvalue weighted by atomic mass is 9.98. The van der Waals surface area contributed by atoms with Crippen molar-refractivity contribution in [1.82, 2.24) is 4.90 Å². The summed E-state index contributed by atoms with van der Waals surface area (Å²) in [5, 5.41) is 1.13. The fraction of sp³-hybridized carbons (Fsp3) is 0.231. The maximum Gasteiger partial charge on any atom is 0.143 e. The topological polar surface area (TPSA) is 25.6 Å². The van der Waals surface area contributed by atoms with Gasteiger partial charge in [0.15, 0.2) is 0 Å². The van der Waals surface area contributed by atoms with E-state index in [4.69, 9.17) is 9.15 Å². The Morgan fingerprint density at radius 1 is 0.759 bits per heavy atom. The third-order valence-corrected chi connectivity index (χ3v) is 5.65. The smallest absolute Gasteiger partial charge is 0.143 e. The van der Waals surface area contributed by atoms with Crippen molar-refractivity contribution in [1.29, 1.82) is 0 Å². The molecule has 2 heterocycles. The molecule has 29 heavy (non-hydrogen) atoms. The highest BCUT2D eigenvalue weighted by molar-refractivity contribution is 6.01. The second-order valence-electron chi connectivity index (χ2n) is 7.59. The Kier molecular flexibility index (Phi) is 5.06. The maximum atomic E-state index is 6.25. The molecule has 0 unspecified atom stereocenters. The second-order valence-corrected chi connectivity index (χ2v) is 7.59. The Balaban J connectivity index is 1.42. The quantitative estimate of drug-likeness (QED) is 0.394. The van der Waals surface area contributed by atoms with Crippen LogP contribution < -0.4 is 4.74 Å². The van der Waals surface area contributed by atoms with Crippen LogP contribution in [-0.4, -0.2) is 31.1 Å². The summed E-state index contributed by atoms with van der Waals surface area (Å²) in [7, 11) is 0. The van der Waals surface area contributed by atoms with E-state index in [9.17, 15) is 0 Å². The van der Waals surface area contributed by atoms with Gasteiger partial charge in [-0.1, -0.05) is 60.7 Å². The largest absolute Gasteiger partial charge is 0.492 e. The van der Waals surface area contributed by atoms with Crippen LogP contribution in [0.2, 0.25) is 0 Å². The fourth-order valence-electron chi connectivity index (χ4n) is 4.14. The molecule has 1 aliphatic heterocycles. The lowest BCUT2D eigenvalue weighted by Gasteiger charge is -2.15. The fourth-order valence-corrected chi connectivity index (χ4v) is 4.14. The zero-order valence-electron chi connectivity index (χ0n) is 16.5. The molecule has 0 N–H and O–H groups in total. The zero-order valence-corrected chi connectivity index (χ0v) is 16.5. The van der Waals surface area contributed by atoms with Gasteiger partial charge in [-0.15, -0.1) is 0 Å². The van der Waals surface area contributed by atoms with Crippen LogP contribution in [0, 0.1) is 0 Å². The Bertz CT molecular complexity index is 1080. The van der Waals surface area contributed by atoms with Gasteiger partial charge in [-0.25, -0.2) is 0 Å². The molecule has 0 bridgehead atoms. The number of nitrogens with zero attached hydrogens (tertiary/aromatic N) is 1. The van der Waals surface area contributed by atoms with E-state index in [0.717, 1.165) is 52.3 Å². The van der Waals surface area contributed by atoms with Crippen LogP contribution in [0.25, 0.3) is 33.4 Å². The standard InChI is InChI=1S/C26H25NO2/c1-2-8-21(9-3-1)26-25(23-10-4-5-11-24(23)29-26)20-12-14-22(15-13-20)28-19-18-27-16-6-7-17-27/h1-5,8-15H,6-7,16-19H2. The molecule has 3 aromatic carbocycles. The second kappa shape index (κ2) is 8.14. The summed E-state index contributed by atoms with van der Waals surface area (Å²) in [5.74, 6) is 1.83. The van der Waals surface area contributed by atoms with Gasteiger partial charge in [0.1, 0.15) is 23.7 Å². The molecule has 0 atom stereocenters. The highest BCUT2D eigenvalue weighted by Gasteiger charge is 2.17. The highest BCUT2D eigenvalue weighted by Crippen LogP contribution is 2.41. The molecule has 1 saturated heterocycles. The minimum atomic E-state index is 0.739. The van der Waals surface area contributed by atoms with Crippen molar-refractivity contribution < 1.29 is 9.15 Å². The number of para-hydroxylation sites is 1. The third-order valence-electron chi connectivity index (χ3n) is 5.65. The molecular formula is C26H25NO2. The van der Waals surface area contributed by atoms with Crippen molar-refractivity contribution in [3.8, 4) is 28.2 Å². The molecule has 5 rings (SSSR count). The maximum absolute atomic E-state index is 6.25. The minimum absolute atomic E-state index is 0.739. The van der Waals surface area contributed by atoms with E-state index in [2.05, 4.69) is 53.4 Å². The SMILES string of the molecule is c1ccc(-c2oc3ccccc3c2-c2ccc(OCCN3CCCC3)cc2)cc1. The number of rotatable bonds is 6. The van der Waals surface area contributed by atoms with Crippen molar-refractivity contribution in [2.24, 2.45) is 0 Å². The Labute approximate surface area is 171 Å². The molecular weight excluding hydrogens is 358 g/mol. The number of hydrogen-bond acceptors (Lipinski definition) is 3. The summed E-state index contributed by atoms with van der Waals surface area (Å²) >= 11 is 0. The summed E-state index contributed by atoms with van der Waals surface area (Å²) in [6.07, 6.45) is 2.63. The average molecular weight is 383 g/mol. The van der Waals surface area contributed by atoms with Crippen LogP contribution >= 0.6 is 0 Å². The summed E-state index contributed by atoms with van der Waals surface area (Å²) in [6.45, 7) is 4.16. The first-order valence-electron chi connectivity index (χ1n) is 10.4. The molecule has 1 aromatic heterocycles. The molecule has 0 radical (unpaired) electrons. The molecule has 4 aromatic rings. The van der Waals surface area contributed by atoms with E-state index in [-0.39, 0.29) is 0 Å². The monoisotopic (exact) mass is 383 g/mol. The van der Waals surface area contributed by atoms with Gasteiger partial charge in [0, 0.05) is 23.1 Å². The van der Waals surface area contributed by atoms with Crippen molar-refractivity contribution in [3.05, 3.63) is 78.9 Å². The minimum Gasteiger partial charge on any atom is -0.492 e. The van der Waals surface area contributed by atoms with Crippen LogP contribution in [0.15, 0.2) is 83.3 Å². The van der Waals surface area contributed by atoms with E-state index >= 15 is 0 Å². The summed E-state index contributed by atoms with van der Waals surface area (Å²) in [5.41, 5.74) is 4.27. The number of fused-ring (bicyclic) bond motifs is 1. The van der Waals surface area contributed by atoms with E-state index in [1.807, 2.05) is 30.3 Å². The molecule has 0 amide bonds. The Hall–Kier alpha value is -3.04. The number of likely N-dealkylation sites (tertiary alicyclic amines) is 1. The van der Waals surface area contributed by atoms with Gasteiger partial charge in [0.2, 0.25) is 0 Å². The molecule has 146 valence electrons. The number of hydrogen-bond donors (Lipinski definition) is 0. The van der Waals surface area contributed by atoms with Crippen LogP contribution in [0.4, 0.5) is 0 Å². The van der Waals surface area contributed by atoms with Gasteiger partial charge in [0.05, 0.1) is 0 Å². The first-order valence-corrected chi connectivity index (χ1v) is 10.4. The van der Waals surface area contributed by atoms with E-state index in [0.29, 0.717) is 0 Å². The number of furan rings is 1. The van der Waals surface area contributed by atoms with Crippen molar-refractivity contribution in [2.75, 3.05) is 26.2 Å². The number of benzene rings is 3. The van der Waals surface area contributed by atoms with Gasteiger partial charge in [-0.3, -0.25) is 4.90 Å². The molecule has 0 aliphatic carbocycles. The van der Waals surface area contributed by atoms with E-state index in [1.165, 1.54) is 25.9 Å². The zero-order chi connectivity index (χ0) is 19.5. The lowest BCUT2D eigenvalue weighted by Crippen LogP contribution is -2.25. The lowest BCUT2D eigenvalue weighted by molar-refractivity contribution is 0.238. The van der Waals surface area contributed by atoms with E-state index < -0.39 is 0 Å². The first-order chi connectivity index (χ1) is 14.4. The van der Waals surface area contributed by atoms with Crippen molar-refractivity contribution >= 4 is 11.0 Å². The molecule has 1 aliphatic rings. The molecule has 3 heteroatoms. The van der Waals surface area contributed by atoms with Crippen molar-refractivity contribution in [2.45, 2.75) is 12.8 Å². The molecule has 0 spiro atoms. The van der Waals surface area contributed by atoms with Crippen LogP contribution in [0.3, 0.4) is 0 Å². The Morgan fingerprint density at radius 2 is 1.48 bits per heavy atom. The average Bonchev–Trinajstić information content (AvgIpc) is 3.43. The number of ether oxygens (including phenoxy) is 1. The summed E-state index contributed by atoms with van der Waals surface area (Å²) in [4.78, 5) is 2.47. The summed E-state index contributed by atoms with van der Waals surface area (Å²) < 4.78 is 12.2. The predicted molar refractivity (Wildman–Crippen MR) is 118 cm³/mol. The third kappa shape index (κ3) is 3.79. The van der Waals surface area contributed by atoms with Gasteiger partial charge in [0.25, 0.3) is 0 Å². The summed E-state index contributed by atoms with van der Waals surface area (Å²) in [6, 6.07) is 26.9. The van der Waals surface area contributed by atoms with Crippen LogP contribution in [0.5, 0.6) is 5.75 Å². The van der Waals surface area contributed by atoms with Gasteiger partial charge in [-0.05, 0) is 49.7 Å². The molecule has 0 saturated carbocycles. The van der Waals surface area contributed by atoms with Gasteiger partial charge in [-0.2, -0.15) is 0 Å². The highest BCUT2D eigenvalue weighted by atomic mass is 16.5. The van der Waals surface area contributed by atoms with Crippen molar-refractivity contribution in [3.63, 3.8) is 0 Å². The molecule has 1 fully saturated rings. The van der Waals surface area contributed by atoms with Gasteiger partial charge >= 0.3 is 0 Å². The Morgan fingerprint density at radius 3 is 2.28 bits per heavy atom. The van der Waals surface area contributed by atoms with Crippen LogP contribution in [-0.2, 0) is 0 Å². The van der Waals surface area contributed by atoms with Gasteiger partial charge < -0.3 is 9.15 Å². The molecule has 3 nitrogen and oxygen atoms in total. The van der Waals surface area contributed by atoms with E-state index in [1.54, 1.807) is 0 Å². The van der Waals surface area contributed by atoms with Crippen LogP contribution in [0.1, 0.15) is 12.8 Å². The predicted octanol–water partition coefficient (Wildman–Crippen LogP) is 6.24. The normalized spacial score (nSPS) is 14.5. The first kappa shape index (κ1) is 18.0.